The van der Waals surface area contributed by atoms with Gasteiger partial charge in [0.2, 0.25) is 53.2 Å². The summed E-state index contributed by atoms with van der Waals surface area (Å²) in [7, 11) is 0. The molecule has 4 heterocycles. The van der Waals surface area contributed by atoms with Crippen LogP contribution >= 0.6 is 11.8 Å². The number of amides is 11. The van der Waals surface area contributed by atoms with Gasteiger partial charge in [-0.2, -0.15) is 11.8 Å². The molecule has 98 heavy (non-hydrogen) atoms. The Kier molecular flexibility index (Phi) is 30.9. The van der Waals surface area contributed by atoms with Gasteiger partial charge in [0.15, 0.2) is 5.96 Å². The number of aromatic hydroxyl groups is 1. The number of aromatic nitrogens is 2. The Bertz CT molecular complexity index is 3230. The Balaban J connectivity index is 1.10. The van der Waals surface area contributed by atoms with Crippen molar-refractivity contribution in [1.82, 2.24) is 68.0 Å². The van der Waals surface area contributed by atoms with Gasteiger partial charge in [-0.3, -0.25) is 52.9 Å². The Labute approximate surface area is 573 Å². The molecule has 0 aliphatic carbocycles. The number of phenols is 1. The Morgan fingerprint density at radius 3 is 2.01 bits per heavy atom. The van der Waals surface area contributed by atoms with Gasteiger partial charge in [-0.05, 0) is 86.5 Å². The first kappa shape index (κ1) is 77.5. The molecule has 2 aromatic carbocycles. The predicted octanol–water partition coefficient (Wildman–Crippen LogP) is 0.245. The van der Waals surface area contributed by atoms with E-state index in [0.29, 0.717) is 73.6 Å². The molecular weight excluding hydrogens is 1290 g/mol. The number of benzene rings is 2. The maximum Gasteiger partial charge on any atom is 0.326 e. The fourth-order valence-electron chi connectivity index (χ4n) is 11.9. The summed E-state index contributed by atoms with van der Waals surface area (Å²) in [6.45, 7) is 7.13. The van der Waals surface area contributed by atoms with E-state index in [4.69, 9.17) is 11.5 Å². The highest BCUT2D eigenvalue weighted by Crippen LogP contribution is 2.33. The van der Waals surface area contributed by atoms with Crippen LogP contribution in [0, 0.1) is 11.8 Å². The number of nitrogens with zero attached hydrogens (tertiary/aromatic N) is 3. The number of hydrogen-bond acceptors (Lipinski definition) is 16. The molecule has 12 unspecified atom stereocenters. The maximum atomic E-state index is 14.8. The fourth-order valence-corrected chi connectivity index (χ4v) is 13.4. The number of rotatable bonds is 41. The van der Waals surface area contributed by atoms with Gasteiger partial charge in [0.25, 0.3) is 0 Å². The first-order valence-electron chi connectivity index (χ1n) is 33.5. The second-order valence-corrected chi connectivity index (χ2v) is 26.7. The number of aromatic amines is 1. The number of guanidine groups is 1. The van der Waals surface area contributed by atoms with E-state index in [1.807, 2.05) is 11.8 Å². The van der Waals surface area contributed by atoms with Crippen molar-refractivity contribution < 1.29 is 72.9 Å². The first-order chi connectivity index (χ1) is 46.8. The van der Waals surface area contributed by atoms with E-state index in [1.165, 1.54) is 41.7 Å². The number of unbranched alkanes of at least 4 members (excludes halogenated alkanes) is 3. The molecule has 3 saturated heterocycles. The number of likely N-dealkylation sites (tertiary alicyclic amines) is 1. The molecule has 12 atom stereocenters. The van der Waals surface area contributed by atoms with Crippen LogP contribution in [0.1, 0.15) is 134 Å². The summed E-state index contributed by atoms with van der Waals surface area (Å²) in [6, 6.07) is 3.43. The van der Waals surface area contributed by atoms with Crippen molar-refractivity contribution in [3.8, 4) is 5.75 Å². The summed E-state index contributed by atoms with van der Waals surface area (Å²) in [5, 5.41) is 57.7. The summed E-state index contributed by atoms with van der Waals surface area (Å²) in [4.78, 5) is 175. The highest BCUT2D eigenvalue weighted by Gasteiger charge is 2.44. The Hall–Kier alpha value is -9.49. The van der Waals surface area contributed by atoms with Gasteiger partial charge in [0, 0.05) is 74.6 Å². The Morgan fingerprint density at radius 1 is 0.694 bits per heavy atom. The topological polar surface area (TPSA) is 482 Å². The highest BCUT2D eigenvalue weighted by atomic mass is 32.2. The van der Waals surface area contributed by atoms with E-state index in [1.54, 1.807) is 58.0 Å². The van der Waals surface area contributed by atoms with Crippen molar-refractivity contribution in [3.05, 3.63) is 83.9 Å². The second kappa shape index (κ2) is 39.0. The normalized spacial score (nSPS) is 18.7. The standard InChI is InChI=1S/C66H96N16O15S/c1-5-38(4)55(62(93)76-46(32-41-34-69-36-72-41)63(94)82-29-15-19-49(82)60(91)77-47(64(95)96)31-39-16-8-6-9-17-39)80-59(90)44(30-40-23-25-42(83)26-24-40)75-61(92)54(37(2)3)79-57(88)43(18-14-28-71-65(67)68)74-58(89)45(33-53(86)87)73-52(85)22-10-7-13-27-70-51(84)21-12-11-20-50-56-48(35-98-50)78-66(97)81-56/h6,8-9,16-17,23-26,34,36-38,43-50,54-56,83H,5,7,10-15,18-22,27-33,35H2,1-4H3,(H,69,72)(H,70,84)(H,73,85)(H,74,89)(H,75,92)(H,76,93)(H,77,91)(H,79,88)(H,80,90)(H,86,87)(H,95,96)(H4,67,68,71)(H2,78,81,97). The number of aliphatic carboxylic acids is 2. The van der Waals surface area contributed by atoms with Crippen molar-refractivity contribution >= 4 is 88.9 Å². The molecule has 3 aromatic rings. The van der Waals surface area contributed by atoms with Gasteiger partial charge in [-0.15, -0.1) is 0 Å². The number of carboxylic acid groups (broad SMARTS) is 2. The van der Waals surface area contributed by atoms with E-state index < -0.39 is 126 Å². The molecule has 6 rings (SSSR count). The van der Waals surface area contributed by atoms with Gasteiger partial charge in [-0.1, -0.05) is 89.4 Å². The number of urea groups is 1. The quantitative estimate of drug-likeness (QED) is 0.0157. The summed E-state index contributed by atoms with van der Waals surface area (Å²) in [6.07, 6.45) is 6.52. The minimum atomic E-state index is -1.65. The number of hydrogen-bond donors (Lipinski definition) is 16. The number of phenolic OH excluding ortho intramolecular Hbond substituents is 1. The van der Waals surface area contributed by atoms with E-state index in [-0.39, 0.29) is 93.8 Å². The third kappa shape index (κ3) is 24.9. The highest BCUT2D eigenvalue weighted by molar-refractivity contribution is 8.00. The van der Waals surface area contributed by atoms with Crippen LogP contribution in [-0.2, 0) is 72.0 Å². The fraction of sp³-hybridized carbons (Fsp3) is 0.576. The summed E-state index contributed by atoms with van der Waals surface area (Å²) in [5.41, 5.74) is 12.6. The van der Waals surface area contributed by atoms with E-state index in [9.17, 15) is 72.9 Å². The van der Waals surface area contributed by atoms with Gasteiger partial charge in [-0.25, -0.2) is 14.6 Å². The molecule has 3 aliphatic rings. The van der Waals surface area contributed by atoms with Gasteiger partial charge in [0.05, 0.1) is 24.8 Å². The number of carbonyl (C=O) groups excluding carboxylic acids is 10. The third-order valence-electron chi connectivity index (χ3n) is 17.5. The van der Waals surface area contributed by atoms with Gasteiger partial charge < -0.3 is 89.8 Å². The van der Waals surface area contributed by atoms with Crippen molar-refractivity contribution in [2.75, 3.05) is 25.4 Å². The minimum absolute atomic E-state index is 0.00834. The Morgan fingerprint density at radius 2 is 1.34 bits per heavy atom. The molecule has 11 amide bonds. The molecular formula is C66H96N16O15S. The number of imidazole rings is 1. The summed E-state index contributed by atoms with van der Waals surface area (Å²) < 4.78 is 0. The molecule has 18 N–H and O–H groups in total. The second-order valence-electron chi connectivity index (χ2n) is 25.4. The van der Waals surface area contributed by atoms with Gasteiger partial charge in [0.1, 0.15) is 54.1 Å². The lowest BCUT2D eigenvalue weighted by atomic mass is 9.96. The smallest absolute Gasteiger partial charge is 0.326 e. The van der Waals surface area contributed by atoms with Crippen molar-refractivity contribution in [2.45, 2.75) is 203 Å². The molecule has 1 aromatic heterocycles. The van der Waals surface area contributed by atoms with Crippen LogP contribution in [-0.4, -0.2) is 198 Å². The van der Waals surface area contributed by atoms with Crippen LogP contribution in [0.15, 0.2) is 72.1 Å². The molecule has 0 bridgehead atoms. The average molecular weight is 1390 g/mol. The largest absolute Gasteiger partial charge is 0.508 e. The number of thioether (sulfide) groups is 1. The SMILES string of the molecule is CCC(C)C(NC(=O)C(Cc1ccc(O)cc1)NC(=O)C(NC(=O)C(CCCN=C(N)N)NC(=O)C(CC(=O)O)NC(=O)CCCCCNC(=O)CCCCC1SCC2NC(=O)NC21)C(C)C)C(=O)NC(Cc1cnc[nH]1)C(=O)N1CCCC1C(=O)NC(Cc1ccccc1)C(=O)O. The molecule has 0 spiro atoms. The van der Waals surface area contributed by atoms with Crippen LogP contribution in [0.25, 0.3) is 0 Å². The summed E-state index contributed by atoms with van der Waals surface area (Å²) in [5.74, 6) is -10.1. The number of carbonyl (C=O) groups is 12. The van der Waals surface area contributed by atoms with Crippen molar-refractivity contribution in [1.29, 1.82) is 0 Å². The molecule has 31 nitrogen and oxygen atoms in total. The summed E-state index contributed by atoms with van der Waals surface area (Å²) >= 11 is 1.82. The number of fused-ring (bicyclic) bond motifs is 1. The predicted molar refractivity (Wildman–Crippen MR) is 362 cm³/mol. The van der Waals surface area contributed by atoms with Crippen molar-refractivity contribution in [2.24, 2.45) is 28.3 Å². The van der Waals surface area contributed by atoms with Crippen molar-refractivity contribution in [3.63, 3.8) is 0 Å². The van der Waals surface area contributed by atoms with E-state index in [2.05, 4.69) is 68.1 Å². The van der Waals surface area contributed by atoms with E-state index in [0.717, 1.165) is 18.6 Å². The number of carboxylic acids is 2. The zero-order valence-corrected chi connectivity index (χ0v) is 56.7. The lowest BCUT2D eigenvalue weighted by Crippen LogP contribution is -2.62. The van der Waals surface area contributed by atoms with Crippen LogP contribution in [0.2, 0.25) is 0 Å². The lowest BCUT2D eigenvalue weighted by molar-refractivity contribution is -0.145. The number of nitrogens with one attached hydrogen (secondary N) is 11. The minimum Gasteiger partial charge on any atom is -0.508 e. The zero-order chi connectivity index (χ0) is 71.4. The maximum absolute atomic E-state index is 14.8. The molecule has 3 fully saturated rings. The van der Waals surface area contributed by atoms with E-state index >= 15 is 0 Å². The molecule has 3 aliphatic heterocycles. The number of nitrogens with two attached hydrogens (primary N) is 2. The monoisotopic (exact) mass is 1380 g/mol. The number of aliphatic imine (C=N–C) groups is 1. The van der Waals surface area contributed by atoms with Gasteiger partial charge >= 0.3 is 18.0 Å². The molecule has 536 valence electrons. The van der Waals surface area contributed by atoms with Crippen LogP contribution in [0.3, 0.4) is 0 Å². The first-order valence-corrected chi connectivity index (χ1v) is 34.5. The van der Waals surface area contributed by atoms with Crippen LogP contribution < -0.4 is 64.6 Å². The van der Waals surface area contributed by atoms with Crippen LogP contribution in [0.5, 0.6) is 5.75 Å². The average Bonchev–Trinajstić information content (AvgIpc) is 1.62. The lowest BCUT2D eigenvalue weighted by Gasteiger charge is -2.32. The van der Waals surface area contributed by atoms with Crippen LogP contribution in [0.4, 0.5) is 4.79 Å². The zero-order valence-electron chi connectivity index (χ0n) is 55.9. The number of H-pyrrole nitrogens is 1. The third-order valence-corrected chi connectivity index (χ3v) is 19.0. The molecule has 0 radical (unpaired) electrons. The molecule has 0 saturated carbocycles. The molecule has 32 heteroatoms.